The van der Waals surface area contributed by atoms with Gasteiger partial charge in [0.2, 0.25) is 5.82 Å². The number of rotatable bonds is 2. The third kappa shape index (κ3) is 2.30. The minimum atomic E-state index is -0.490. The average Bonchev–Trinajstić information content (AvgIpc) is 2.89. The summed E-state index contributed by atoms with van der Waals surface area (Å²) in [6.45, 7) is 0. The number of aromatic nitrogens is 2. The molecule has 0 fully saturated rings. The summed E-state index contributed by atoms with van der Waals surface area (Å²) in [5.74, 6) is -0.0373. The van der Waals surface area contributed by atoms with Crippen molar-refractivity contribution in [3.63, 3.8) is 0 Å². The van der Waals surface area contributed by atoms with E-state index in [9.17, 15) is 4.39 Å². The Labute approximate surface area is 122 Å². The zero-order valence-electron chi connectivity index (χ0n) is 10.2. The van der Waals surface area contributed by atoms with Crippen molar-refractivity contribution in [1.82, 2.24) is 10.1 Å². The van der Waals surface area contributed by atoms with Crippen molar-refractivity contribution >= 4 is 21.6 Å². The van der Waals surface area contributed by atoms with Gasteiger partial charge in [0, 0.05) is 15.7 Å². The van der Waals surface area contributed by atoms with Crippen LogP contribution in [0.5, 0.6) is 0 Å². The average molecular weight is 334 g/mol. The number of hydrogen-bond acceptors (Lipinski definition) is 4. The monoisotopic (exact) mass is 333 g/mol. The number of nitrogens with zero attached hydrogens (tertiary/aromatic N) is 2. The Kier molecular flexibility index (Phi) is 3.23. The summed E-state index contributed by atoms with van der Waals surface area (Å²) < 4.78 is 19.8. The Bertz CT molecular complexity index is 735. The molecular weight excluding hydrogens is 325 g/mol. The number of halogens is 2. The molecule has 0 atom stereocenters. The molecule has 2 N–H and O–H groups in total. The van der Waals surface area contributed by atoms with E-state index in [1.54, 1.807) is 6.07 Å². The first-order chi connectivity index (χ1) is 9.65. The highest BCUT2D eigenvalue weighted by molar-refractivity contribution is 9.10. The zero-order valence-corrected chi connectivity index (χ0v) is 11.8. The molecule has 0 aliphatic rings. The molecule has 0 saturated heterocycles. The molecule has 0 aliphatic heterocycles. The van der Waals surface area contributed by atoms with Gasteiger partial charge in [-0.2, -0.15) is 4.98 Å². The summed E-state index contributed by atoms with van der Waals surface area (Å²) in [6.07, 6.45) is 0. The van der Waals surface area contributed by atoms with Gasteiger partial charge in [-0.25, -0.2) is 4.39 Å². The molecule has 4 nitrogen and oxygen atoms in total. The van der Waals surface area contributed by atoms with E-state index in [2.05, 4.69) is 26.1 Å². The van der Waals surface area contributed by atoms with E-state index < -0.39 is 5.82 Å². The largest absolute Gasteiger partial charge is 0.398 e. The lowest BCUT2D eigenvalue weighted by atomic mass is 10.1. The highest BCUT2D eigenvalue weighted by atomic mass is 79.9. The van der Waals surface area contributed by atoms with Crippen molar-refractivity contribution in [2.24, 2.45) is 0 Å². The van der Waals surface area contributed by atoms with Crippen molar-refractivity contribution < 1.29 is 8.91 Å². The smallest absolute Gasteiger partial charge is 0.263 e. The van der Waals surface area contributed by atoms with Crippen molar-refractivity contribution in [2.75, 3.05) is 5.73 Å². The number of anilines is 1. The van der Waals surface area contributed by atoms with Crippen LogP contribution in [-0.4, -0.2) is 10.1 Å². The van der Waals surface area contributed by atoms with Crippen LogP contribution in [0.15, 0.2) is 51.5 Å². The Morgan fingerprint density at radius 2 is 1.85 bits per heavy atom. The van der Waals surface area contributed by atoms with Crippen LogP contribution >= 0.6 is 15.9 Å². The molecule has 6 heteroatoms. The molecule has 3 aromatic rings. The van der Waals surface area contributed by atoms with Crippen LogP contribution in [0.2, 0.25) is 0 Å². The number of nitrogens with two attached hydrogens (primary N) is 1. The van der Waals surface area contributed by atoms with Crippen molar-refractivity contribution in [3.8, 4) is 22.8 Å². The van der Waals surface area contributed by atoms with E-state index >= 15 is 0 Å². The fraction of sp³-hybridized carbons (Fsp3) is 0. The SMILES string of the molecule is Nc1cccc(F)c1-c1nc(-c2ccc(Br)cc2)no1. The van der Waals surface area contributed by atoms with Gasteiger partial charge in [-0.15, -0.1) is 0 Å². The standard InChI is InChI=1S/C14H9BrFN3O/c15-9-6-4-8(5-7-9)13-18-14(20-19-13)12-10(16)2-1-3-11(12)17/h1-7H,17H2. The first-order valence-corrected chi connectivity index (χ1v) is 6.58. The van der Waals surface area contributed by atoms with Gasteiger partial charge < -0.3 is 10.3 Å². The molecule has 0 amide bonds. The van der Waals surface area contributed by atoms with Gasteiger partial charge in [0.15, 0.2) is 0 Å². The Morgan fingerprint density at radius 1 is 1.10 bits per heavy atom. The van der Waals surface area contributed by atoms with Crippen molar-refractivity contribution in [2.45, 2.75) is 0 Å². The highest BCUT2D eigenvalue weighted by Crippen LogP contribution is 2.29. The molecule has 0 aliphatic carbocycles. The fourth-order valence-corrected chi connectivity index (χ4v) is 2.07. The summed E-state index contributed by atoms with van der Waals surface area (Å²) in [5, 5.41) is 3.85. The van der Waals surface area contributed by atoms with E-state index in [1.807, 2.05) is 24.3 Å². The van der Waals surface area contributed by atoms with Crippen LogP contribution < -0.4 is 5.73 Å². The predicted octanol–water partition coefficient (Wildman–Crippen LogP) is 3.89. The Morgan fingerprint density at radius 3 is 2.55 bits per heavy atom. The third-order valence-electron chi connectivity index (χ3n) is 2.79. The molecule has 2 aromatic carbocycles. The quantitative estimate of drug-likeness (QED) is 0.722. The highest BCUT2D eigenvalue weighted by Gasteiger charge is 2.16. The fourth-order valence-electron chi connectivity index (χ4n) is 1.81. The minimum absolute atomic E-state index is 0.0681. The molecular formula is C14H9BrFN3O. The summed E-state index contributed by atoms with van der Waals surface area (Å²) in [6, 6.07) is 11.8. The molecule has 0 radical (unpaired) electrons. The van der Waals surface area contributed by atoms with Crippen LogP contribution in [-0.2, 0) is 0 Å². The maximum Gasteiger partial charge on any atom is 0.263 e. The van der Waals surface area contributed by atoms with Crippen LogP contribution in [0.25, 0.3) is 22.8 Å². The molecule has 0 bridgehead atoms. The molecule has 20 heavy (non-hydrogen) atoms. The maximum absolute atomic E-state index is 13.8. The second-order valence-corrected chi connectivity index (χ2v) is 5.05. The van der Waals surface area contributed by atoms with Crippen LogP contribution in [0, 0.1) is 5.82 Å². The summed E-state index contributed by atoms with van der Waals surface area (Å²) in [4.78, 5) is 4.19. The van der Waals surface area contributed by atoms with E-state index in [0.717, 1.165) is 10.0 Å². The van der Waals surface area contributed by atoms with E-state index in [-0.39, 0.29) is 17.1 Å². The van der Waals surface area contributed by atoms with E-state index in [0.29, 0.717) is 5.82 Å². The van der Waals surface area contributed by atoms with Crippen LogP contribution in [0.4, 0.5) is 10.1 Å². The Hall–Kier alpha value is -2.21. The summed E-state index contributed by atoms with van der Waals surface area (Å²) in [7, 11) is 0. The normalized spacial score (nSPS) is 10.7. The second kappa shape index (κ2) is 5.05. The number of benzene rings is 2. The topological polar surface area (TPSA) is 64.9 Å². The van der Waals surface area contributed by atoms with Crippen LogP contribution in [0.1, 0.15) is 0 Å². The second-order valence-electron chi connectivity index (χ2n) is 4.13. The first-order valence-electron chi connectivity index (χ1n) is 5.79. The lowest BCUT2D eigenvalue weighted by molar-refractivity contribution is 0.430. The van der Waals surface area contributed by atoms with Crippen LogP contribution in [0.3, 0.4) is 0 Å². The lowest BCUT2D eigenvalue weighted by Crippen LogP contribution is -1.93. The van der Waals surface area contributed by atoms with Gasteiger partial charge in [-0.05, 0) is 36.4 Å². The lowest BCUT2D eigenvalue weighted by Gasteiger charge is -2.00. The molecule has 100 valence electrons. The van der Waals surface area contributed by atoms with Crippen molar-refractivity contribution in [3.05, 3.63) is 52.8 Å². The van der Waals surface area contributed by atoms with Gasteiger partial charge in [-0.3, -0.25) is 0 Å². The molecule has 0 spiro atoms. The number of nitrogen functional groups attached to an aromatic ring is 1. The first kappa shape index (κ1) is 12.8. The van der Waals surface area contributed by atoms with Gasteiger partial charge in [-0.1, -0.05) is 27.2 Å². The van der Waals surface area contributed by atoms with E-state index in [4.69, 9.17) is 10.3 Å². The van der Waals surface area contributed by atoms with Gasteiger partial charge in [0.25, 0.3) is 5.89 Å². The predicted molar refractivity (Wildman–Crippen MR) is 77.2 cm³/mol. The van der Waals surface area contributed by atoms with Gasteiger partial charge in [0.1, 0.15) is 5.82 Å². The molecule has 3 rings (SSSR count). The van der Waals surface area contributed by atoms with Gasteiger partial charge >= 0.3 is 0 Å². The summed E-state index contributed by atoms with van der Waals surface area (Å²) in [5.41, 5.74) is 6.91. The zero-order chi connectivity index (χ0) is 14.1. The molecule has 1 aromatic heterocycles. The Balaban J connectivity index is 2.04. The van der Waals surface area contributed by atoms with E-state index in [1.165, 1.54) is 12.1 Å². The van der Waals surface area contributed by atoms with Gasteiger partial charge in [0.05, 0.1) is 5.56 Å². The molecule has 0 saturated carbocycles. The summed E-state index contributed by atoms with van der Waals surface area (Å²) >= 11 is 3.35. The van der Waals surface area contributed by atoms with Crippen molar-refractivity contribution in [1.29, 1.82) is 0 Å². The third-order valence-corrected chi connectivity index (χ3v) is 3.32. The molecule has 0 unspecified atom stereocenters. The maximum atomic E-state index is 13.8. The minimum Gasteiger partial charge on any atom is -0.398 e. The number of hydrogen-bond donors (Lipinski definition) is 1. The molecule has 1 heterocycles.